The summed E-state index contributed by atoms with van der Waals surface area (Å²) in [5.41, 5.74) is 9.47. The molecule has 0 aliphatic rings. The summed E-state index contributed by atoms with van der Waals surface area (Å²) in [6, 6.07) is -1.61. The maximum Gasteiger partial charge on any atom is 0.409 e. The Balaban J connectivity index is 3.56. The number of carbonyl (C=O) groups excluding carboxylic acids is 4. The molecule has 0 fully saturated rings. The Hall–Kier alpha value is -2.72. The quantitative estimate of drug-likeness (QED) is 0.280. The molecule has 0 saturated heterocycles. The lowest BCUT2D eigenvalue weighted by Crippen LogP contribution is -2.43. The van der Waals surface area contributed by atoms with Gasteiger partial charge in [-0.25, -0.2) is 14.4 Å². The van der Waals surface area contributed by atoms with Gasteiger partial charge in [0, 0.05) is 0 Å². The zero-order valence-corrected chi connectivity index (χ0v) is 9.32. The van der Waals surface area contributed by atoms with Gasteiger partial charge in [0.05, 0.1) is 13.3 Å². The number of nitrogens with two attached hydrogens (primary N) is 2. The zero-order valence-electron chi connectivity index (χ0n) is 9.32. The highest BCUT2D eigenvalue weighted by Gasteiger charge is 2.06. The Morgan fingerprint density at radius 3 is 1.83 bits per heavy atom. The predicted molar refractivity (Wildman–Crippen MR) is 57.8 cm³/mol. The predicted octanol–water partition coefficient (Wildman–Crippen LogP) is -2.92. The second-order valence-electron chi connectivity index (χ2n) is 2.79. The van der Waals surface area contributed by atoms with E-state index >= 15 is 0 Å². The number of hydrogen-bond acceptors (Lipinski definition) is 5. The van der Waals surface area contributed by atoms with E-state index in [2.05, 4.69) is 26.0 Å². The molecule has 0 bridgehead atoms. The van der Waals surface area contributed by atoms with E-state index in [1.807, 2.05) is 0 Å². The lowest BCUT2D eigenvalue weighted by atomic mass is 10.6. The minimum Gasteiger partial charge on any atom is -0.439 e. The highest BCUT2D eigenvalue weighted by molar-refractivity contribution is 5.80. The molecule has 18 heavy (non-hydrogen) atoms. The summed E-state index contributed by atoms with van der Waals surface area (Å²) >= 11 is 0. The third-order valence-corrected chi connectivity index (χ3v) is 1.38. The van der Waals surface area contributed by atoms with Gasteiger partial charge in [-0.3, -0.25) is 4.79 Å². The molecule has 0 aromatic carbocycles. The Morgan fingerprint density at radius 2 is 1.33 bits per heavy atom. The van der Waals surface area contributed by atoms with E-state index in [1.54, 1.807) is 0 Å². The van der Waals surface area contributed by atoms with E-state index < -0.39 is 30.7 Å². The number of urea groups is 2. The van der Waals surface area contributed by atoms with Gasteiger partial charge in [-0.05, 0) is 0 Å². The second-order valence-corrected chi connectivity index (χ2v) is 2.79. The summed E-state index contributed by atoms with van der Waals surface area (Å²) in [5.74, 6) is -0.637. The van der Waals surface area contributed by atoms with E-state index in [1.165, 1.54) is 0 Å². The van der Waals surface area contributed by atoms with Crippen LogP contribution in [0.5, 0.6) is 0 Å². The fraction of sp³-hybridized carbons (Fsp3) is 0.429. The zero-order chi connectivity index (χ0) is 14.0. The Kier molecular flexibility index (Phi) is 7.16. The second kappa shape index (κ2) is 8.43. The molecule has 0 aromatic heterocycles. The highest BCUT2D eigenvalue weighted by Crippen LogP contribution is 1.77. The molecule has 0 aromatic rings. The average Bonchev–Trinajstić information content (AvgIpc) is 2.25. The number of alkyl carbamates (subject to hydrolysis) is 1. The van der Waals surface area contributed by atoms with Crippen LogP contribution >= 0.6 is 0 Å². The first-order valence-corrected chi connectivity index (χ1v) is 4.65. The van der Waals surface area contributed by atoms with Crippen molar-refractivity contribution in [3.05, 3.63) is 0 Å². The third-order valence-electron chi connectivity index (χ3n) is 1.38. The first-order chi connectivity index (χ1) is 8.41. The molecular weight excluding hydrogens is 248 g/mol. The fourth-order valence-electron chi connectivity index (χ4n) is 0.667. The molecule has 0 aliphatic heterocycles. The van der Waals surface area contributed by atoms with Gasteiger partial charge < -0.3 is 37.5 Å². The maximum absolute atomic E-state index is 11.0. The van der Waals surface area contributed by atoms with Gasteiger partial charge in [0.25, 0.3) is 5.91 Å². The van der Waals surface area contributed by atoms with Crippen molar-refractivity contribution in [3.63, 3.8) is 0 Å². The van der Waals surface area contributed by atoms with Crippen LogP contribution < -0.4 is 32.7 Å². The lowest BCUT2D eigenvalue weighted by Gasteiger charge is -2.07. The Morgan fingerprint density at radius 1 is 0.833 bits per heavy atom. The summed E-state index contributed by atoms with van der Waals surface area (Å²) in [6.07, 6.45) is -0.915. The standard InChI is InChI=1S/C7H14N6O5/c8-5(15)11-2-10-4(14)1-18-7(17)13-3-12-6(9)16/h1-3H2,(H,10,14)(H,13,17)(H3,8,11,15)(H3,9,12,16). The molecule has 11 nitrogen and oxygen atoms in total. The van der Waals surface area contributed by atoms with E-state index in [0.717, 1.165) is 0 Å². The number of carbonyl (C=O) groups is 4. The normalized spacial score (nSPS) is 8.89. The van der Waals surface area contributed by atoms with Crippen LogP contribution in [0.2, 0.25) is 0 Å². The summed E-state index contributed by atoms with van der Waals surface area (Å²) in [4.78, 5) is 42.4. The molecule has 11 heteroatoms. The van der Waals surface area contributed by atoms with Crippen molar-refractivity contribution in [3.8, 4) is 0 Å². The first-order valence-electron chi connectivity index (χ1n) is 4.65. The molecular formula is C7H14N6O5. The molecule has 0 radical (unpaired) electrons. The largest absolute Gasteiger partial charge is 0.439 e. The summed E-state index contributed by atoms with van der Waals surface area (Å²) in [5, 5.41) is 8.47. The van der Waals surface area contributed by atoms with Crippen LogP contribution in [0.25, 0.3) is 0 Å². The molecule has 0 heterocycles. The van der Waals surface area contributed by atoms with E-state index in [9.17, 15) is 19.2 Å². The Bertz CT molecular complexity index is 300. The average molecular weight is 262 g/mol. The molecule has 0 saturated carbocycles. The molecule has 0 rings (SSSR count). The topological polar surface area (TPSA) is 178 Å². The summed E-state index contributed by atoms with van der Waals surface area (Å²) < 4.78 is 4.44. The minimum atomic E-state index is -0.915. The van der Waals surface area contributed by atoms with Crippen LogP contribution in [0.1, 0.15) is 0 Å². The van der Waals surface area contributed by atoms with E-state index in [4.69, 9.17) is 11.5 Å². The molecule has 6 amide bonds. The van der Waals surface area contributed by atoms with Gasteiger partial charge >= 0.3 is 18.2 Å². The van der Waals surface area contributed by atoms with Crippen molar-refractivity contribution in [1.29, 1.82) is 0 Å². The Labute approximate surface area is 102 Å². The molecule has 0 spiro atoms. The van der Waals surface area contributed by atoms with Gasteiger partial charge in [0.1, 0.15) is 0 Å². The number of rotatable bonds is 6. The van der Waals surface area contributed by atoms with Gasteiger partial charge in [-0.1, -0.05) is 0 Å². The van der Waals surface area contributed by atoms with Crippen molar-refractivity contribution >= 4 is 24.1 Å². The number of primary amides is 2. The third kappa shape index (κ3) is 9.82. The molecule has 0 aliphatic carbocycles. The number of ether oxygens (including phenoxy) is 1. The summed E-state index contributed by atoms with van der Waals surface area (Å²) in [7, 11) is 0. The van der Waals surface area contributed by atoms with Crippen LogP contribution in [0.15, 0.2) is 0 Å². The number of nitrogens with one attached hydrogen (secondary N) is 4. The van der Waals surface area contributed by atoms with Crippen molar-refractivity contribution in [2.45, 2.75) is 0 Å². The van der Waals surface area contributed by atoms with Gasteiger partial charge in [0.15, 0.2) is 6.61 Å². The van der Waals surface area contributed by atoms with Crippen LogP contribution in [0.4, 0.5) is 14.4 Å². The molecule has 0 unspecified atom stereocenters. The SMILES string of the molecule is NC(=O)NCNC(=O)COC(=O)NCNC(N)=O. The van der Waals surface area contributed by atoms with Crippen molar-refractivity contribution in [2.24, 2.45) is 11.5 Å². The van der Waals surface area contributed by atoms with Gasteiger partial charge in [-0.2, -0.15) is 0 Å². The van der Waals surface area contributed by atoms with Crippen LogP contribution in [0.3, 0.4) is 0 Å². The van der Waals surface area contributed by atoms with Gasteiger partial charge in [0.2, 0.25) is 0 Å². The minimum absolute atomic E-state index is 0.178. The smallest absolute Gasteiger partial charge is 0.409 e. The maximum atomic E-state index is 11.0. The van der Waals surface area contributed by atoms with Crippen LogP contribution in [0, 0.1) is 0 Å². The summed E-state index contributed by atoms with van der Waals surface area (Å²) in [6.45, 7) is -0.954. The van der Waals surface area contributed by atoms with E-state index in [-0.39, 0.29) is 13.3 Å². The first kappa shape index (κ1) is 15.3. The number of amides is 6. The van der Waals surface area contributed by atoms with Crippen molar-refractivity contribution in [2.75, 3.05) is 19.9 Å². The van der Waals surface area contributed by atoms with Crippen molar-refractivity contribution < 1.29 is 23.9 Å². The van der Waals surface area contributed by atoms with Crippen molar-refractivity contribution in [1.82, 2.24) is 21.3 Å². The monoisotopic (exact) mass is 262 g/mol. The van der Waals surface area contributed by atoms with Crippen LogP contribution in [-0.4, -0.2) is 44.0 Å². The fourth-order valence-corrected chi connectivity index (χ4v) is 0.667. The van der Waals surface area contributed by atoms with Crippen LogP contribution in [-0.2, 0) is 9.53 Å². The number of hydrogen-bond donors (Lipinski definition) is 6. The van der Waals surface area contributed by atoms with Gasteiger partial charge in [-0.15, -0.1) is 0 Å². The lowest BCUT2D eigenvalue weighted by molar-refractivity contribution is -0.124. The molecule has 8 N–H and O–H groups in total. The highest BCUT2D eigenvalue weighted by atomic mass is 16.6. The van der Waals surface area contributed by atoms with E-state index in [0.29, 0.717) is 0 Å². The molecule has 102 valence electrons. The molecule has 0 atom stereocenters.